The van der Waals surface area contributed by atoms with E-state index in [1.54, 1.807) is 29.0 Å². The lowest BCUT2D eigenvalue weighted by molar-refractivity contribution is -0.133. The first kappa shape index (κ1) is 35.5. The molecule has 12 nitrogen and oxygen atoms in total. The summed E-state index contributed by atoms with van der Waals surface area (Å²) in [5.41, 5.74) is 6.55. The first-order valence-corrected chi connectivity index (χ1v) is 18.5. The summed E-state index contributed by atoms with van der Waals surface area (Å²) in [6.07, 6.45) is 2.15. The average Bonchev–Trinajstić information content (AvgIpc) is 3.90. The fraction of sp³-hybridized carbons (Fsp3) is 0.559. The van der Waals surface area contributed by atoms with Crippen molar-refractivity contribution in [1.29, 1.82) is 0 Å². The van der Waals surface area contributed by atoms with Crippen molar-refractivity contribution in [2.24, 2.45) is 27.6 Å². The van der Waals surface area contributed by atoms with E-state index in [4.69, 9.17) is 15.5 Å². The lowest BCUT2D eigenvalue weighted by Gasteiger charge is -2.29. The van der Waals surface area contributed by atoms with Gasteiger partial charge in [0.15, 0.2) is 6.04 Å². The van der Waals surface area contributed by atoms with Crippen LogP contribution in [0.25, 0.3) is 0 Å². The van der Waals surface area contributed by atoms with Crippen LogP contribution in [0.15, 0.2) is 45.7 Å². The maximum absolute atomic E-state index is 14.1. The van der Waals surface area contributed by atoms with Gasteiger partial charge in [0.25, 0.3) is 5.91 Å². The highest BCUT2D eigenvalue weighted by Gasteiger charge is 2.42. The number of aromatic nitrogens is 1. The highest BCUT2D eigenvalue weighted by Crippen LogP contribution is 2.30. The van der Waals surface area contributed by atoms with Crippen molar-refractivity contribution in [2.75, 3.05) is 12.3 Å². The molecule has 1 saturated heterocycles. The summed E-state index contributed by atoms with van der Waals surface area (Å²) in [5, 5.41) is 9.18. The Kier molecular flexibility index (Phi) is 11.6. The number of thiazole rings is 1. The third-order valence-corrected chi connectivity index (χ3v) is 11.6. The van der Waals surface area contributed by atoms with Gasteiger partial charge in [0.2, 0.25) is 23.6 Å². The second kappa shape index (κ2) is 15.6. The van der Waals surface area contributed by atoms with Crippen LogP contribution in [-0.4, -0.2) is 87.0 Å². The van der Waals surface area contributed by atoms with Gasteiger partial charge in [-0.2, -0.15) is 0 Å². The number of benzene rings is 1. The zero-order valence-corrected chi connectivity index (χ0v) is 29.7. The van der Waals surface area contributed by atoms with Crippen LogP contribution in [0, 0.1) is 11.8 Å². The van der Waals surface area contributed by atoms with E-state index in [1.165, 1.54) is 11.3 Å². The monoisotopic (exact) mass is 695 g/mol. The molecule has 258 valence electrons. The number of nitrogens with zero attached hydrogens (tertiary/aromatic N) is 4. The number of hydrogen-bond donors (Lipinski definition) is 3. The zero-order chi connectivity index (χ0) is 34.5. The molecule has 14 heteroatoms. The molecular formula is C34H45N7O5S2. The second-order valence-electron chi connectivity index (χ2n) is 12.8. The van der Waals surface area contributed by atoms with Crippen molar-refractivity contribution in [1.82, 2.24) is 20.5 Å². The molecule has 4 N–H and O–H groups in total. The van der Waals surface area contributed by atoms with Gasteiger partial charge in [-0.05, 0) is 38.2 Å². The Morgan fingerprint density at radius 1 is 1.10 bits per heavy atom. The Morgan fingerprint density at radius 3 is 2.54 bits per heavy atom. The summed E-state index contributed by atoms with van der Waals surface area (Å²) in [6.45, 7) is 10.5. The number of aliphatic imine (C=N–C) groups is 2. The molecule has 3 aliphatic rings. The van der Waals surface area contributed by atoms with Crippen LogP contribution < -0.4 is 16.4 Å². The van der Waals surface area contributed by atoms with Gasteiger partial charge in [-0.3, -0.25) is 24.2 Å². The molecule has 48 heavy (non-hydrogen) atoms. The van der Waals surface area contributed by atoms with Gasteiger partial charge < -0.3 is 26.0 Å². The molecule has 1 aromatic carbocycles. The molecular weight excluding hydrogens is 651 g/mol. The summed E-state index contributed by atoms with van der Waals surface area (Å²) in [7, 11) is 0. The molecule has 0 spiro atoms. The summed E-state index contributed by atoms with van der Waals surface area (Å²) in [4.78, 5) is 67.9. The van der Waals surface area contributed by atoms with Crippen molar-refractivity contribution in [2.45, 2.75) is 96.6 Å². The molecule has 1 fully saturated rings. The number of hydrogen-bond acceptors (Lipinski definition) is 10. The Bertz CT molecular complexity index is 1560. The van der Waals surface area contributed by atoms with Gasteiger partial charge in [0.05, 0.1) is 11.1 Å². The van der Waals surface area contributed by atoms with Gasteiger partial charge in [-0.1, -0.05) is 57.5 Å². The Morgan fingerprint density at radius 2 is 1.85 bits per heavy atom. The van der Waals surface area contributed by atoms with Gasteiger partial charge >= 0.3 is 0 Å². The van der Waals surface area contributed by atoms with E-state index in [1.807, 2.05) is 37.3 Å². The van der Waals surface area contributed by atoms with Crippen LogP contribution in [0.1, 0.15) is 81.0 Å². The molecule has 2 aromatic rings. The number of carbonyl (C=O) groups excluding carboxylic acids is 4. The maximum Gasteiger partial charge on any atom is 0.271 e. The maximum atomic E-state index is 14.1. The van der Waals surface area contributed by atoms with Crippen molar-refractivity contribution >= 4 is 57.7 Å². The molecule has 3 unspecified atom stereocenters. The van der Waals surface area contributed by atoms with Crippen molar-refractivity contribution in [3.8, 4) is 0 Å². The smallest absolute Gasteiger partial charge is 0.271 e. The molecule has 0 saturated carbocycles. The largest absolute Gasteiger partial charge is 0.474 e. The highest BCUT2D eigenvalue weighted by molar-refractivity contribution is 8.14. The SMILES string of the molecule is CC[C@H](C)C(C)C1=NC(C(=O)NC(C)c2nc(C(=O)N[C@@H](Cc3ccccc3)C(=O)N3CCC[C@H]3C3=N[C@H](C(N)=O)[C@@H](C)O3)cs2)CS1. The minimum absolute atomic E-state index is 0.163. The second-order valence-corrected chi connectivity index (χ2v) is 14.7. The Balaban J connectivity index is 1.26. The van der Waals surface area contributed by atoms with Gasteiger partial charge in [0, 0.05) is 30.0 Å². The molecule has 5 rings (SSSR count). The Labute approximate surface area is 289 Å². The Hall–Kier alpha value is -3.78. The number of thioether (sulfide) groups is 1. The predicted octanol–water partition coefficient (Wildman–Crippen LogP) is 3.52. The van der Waals surface area contributed by atoms with Gasteiger partial charge in [-0.15, -0.1) is 23.1 Å². The zero-order valence-electron chi connectivity index (χ0n) is 28.0. The molecule has 4 amide bonds. The van der Waals surface area contributed by atoms with E-state index in [2.05, 4.69) is 41.4 Å². The minimum atomic E-state index is -0.890. The third kappa shape index (κ3) is 8.08. The topological polar surface area (TPSA) is 168 Å². The van der Waals surface area contributed by atoms with Crippen LogP contribution in [0.3, 0.4) is 0 Å². The lowest BCUT2D eigenvalue weighted by atomic mass is 9.94. The molecule has 8 atom stereocenters. The molecule has 3 aliphatic heterocycles. The van der Waals surface area contributed by atoms with Crippen LogP contribution in [0.2, 0.25) is 0 Å². The standard InChI is InChI=1S/C34H45N7O5S2/c1-6-18(2)19(3)32-38-24(16-47-32)29(43)36-20(4)33-39-25(17-48-33)30(44)37-23(15-22-11-8-7-9-12-22)34(45)41-14-10-13-26(41)31-40-27(28(35)42)21(5)46-31/h7-9,11-12,17-21,23-24,26-27H,6,10,13-16H2,1-5H3,(H2,35,42)(H,36,43)(H,37,44)/t18-,19?,20?,21+,23-,24?,26-,27-/m0/s1. The predicted molar refractivity (Wildman–Crippen MR) is 188 cm³/mol. The quantitative estimate of drug-likeness (QED) is 0.288. The van der Waals surface area contributed by atoms with E-state index in [9.17, 15) is 19.2 Å². The van der Waals surface area contributed by atoms with Crippen LogP contribution in [0.5, 0.6) is 0 Å². The van der Waals surface area contributed by atoms with Crippen LogP contribution in [0.4, 0.5) is 0 Å². The summed E-state index contributed by atoms with van der Waals surface area (Å²) in [5.74, 6) is 0.236. The van der Waals surface area contributed by atoms with E-state index in [0.29, 0.717) is 41.5 Å². The first-order valence-electron chi connectivity index (χ1n) is 16.6. The minimum Gasteiger partial charge on any atom is -0.474 e. The number of primary amides is 1. The van der Waals surface area contributed by atoms with Gasteiger partial charge in [0.1, 0.15) is 34.9 Å². The first-order chi connectivity index (χ1) is 23.0. The molecule has 0 radical (unpaired) electrons. The fourth-order valence-corrected chi connectivity index (χ4v) is 8.15. The van der Waals surface area contributed by atoms with E-state index < -0.39 is 48.1 Å². The summed E-state index contributed by atoms with van der Waals surface area (Å²) in [6, 6.07) is 6.45. The van der Waals surface area contributed by atoms with E-state index in [0.717, 1.165) is 23.4 Å². The number of ether oxygens (including phenoxy) is 1. The number of nitrogens with one attached hydrogen (secondary N) is 2. The molecule has 0 aliphatic carbocycles. The van der Waals surface area contributed by atoms with E-state index in [-0.39, 0.29) is 23.9 Å². The summed E-state index contributed by atoms with van der Waals surface area (Å²) >= 11 is 2.92. The van der Waals surface area contributed by atoms with E-state index >= 15 is 0 Å². The number of amides is 4. The van der Waals surface area contributed by atoms with Crippen LogP contribution >= 0.6 is 23.1 Å². The average molecular weight is 696 g/mol. The molecule has 1 aromatic heterocycles. The number of nitrogens with two attached hydrogens (primary N) is 1. The fourth-order valence-electron chi connectivity index (χ4n) is 6.09. The lowest BCUT2D eigenvalue weighted by Crippen LogP contribution is -2.52. The van der Waals surface area contributed by atoms with Crippen molar-refractivity contribution in [3.63, 3.8) is 0 Å². The van der Waals surface area contributed by atoms with Crippen molar-refractivity contribution in [3.05, 3.63) is 52.0 Å². The number of carbonyl (C=O) groups is 4. The van der Waals surface area contributed by atoms with Crippen LogP contribution in [-0.2, 0) is 25.5 Å². The third-order valence-electron chi connectivity index (χ3n) is 9.36. The highest BCUT2D eigenvalue weighted by atomic mass is 32.2. The number of rotatable bonds is 13. The number of likely N-dealkylation sites (tertiary alicyclic amines) is 1. The van der Waals surface area contributed by atoms with Gasteiger partial charge in [-0.25, -0.2) is 9.98 Å². The molecule has 0 bridgehead atoms. The van der Waals surface area contributed by atoms with Crippen molar-refractivity contribution < 1.29 is 23.9 Å². The normalized spacial score (nSPS) is 24.6. The summed E-state index contributed by atoms with van der Waals surface area (Å²) < 4.78 is 5.88. The molecule has 4 heterocycles.